The van der Waals surface area contributed by atoms with Crippen molar-refractivity contribution in [1.82, 2.24) is 10.2 Å². The summed E-state index contributed by atoms with van der Waals surface area (Å²) in [5, 5.41) is 2.21. The van der Waals surface area contributed by atoms with Gasteiger partial charge < -0.3 is 10.1 Å². The van der Waals surface area contributed by atoms with Gasteiger partial charge in [0.15, 0.2) is 6.61 Å². The fourth-order valence-electron chi connectivity index (χ4n) is 2.09. The molecule has 9 heteroatoms. The predicted octanol–water partition coefficient (Wildman–Crippen LogP) is 1.75. The summed E-state index contributed by atoms with van der Waals surface area (Å²) >= 11 is 2.29. The van der Waals surface area contributed by atoms with Gasteiger partial charge in [-0.05, 0) is 37.1 Å². The van der Waals surface area contributed by atoms with Gasteiger partial charge in [0.05, 0.1) is 11.5 Å². The van der Waals surface area contributed by atoms with Gasteiger partial charge in [0.2, 0.25) is 5.91 Å². The zero-order valence-electron chi connectivity index (χ0n) is 14.6. The van der Waals surface area contributed by atoms with Gasteiger partial charge in [0.25, 0.3) is 11.1 Å². The summed E-state index contributed by atoms with van der Waals surface area (Å²) in [7, 11) is 0. The number of hydrogen-bond donors (Lipinski definition) is 1. The van der Waals surface area contributed by atoms with E-state index >= 15 is 0 Å². The molecule has 0 bridgehead atoms. The third-order valence-electron chi connectivity index (χ3n) is 3.70. The van der Waals surface area contributed by atoms with Crippen LogP contribution in [0.25, 0.3) is 0 Å². The molecule has 1 aromatic carbocycles. The van der Waals surface area contributed by atoms with Crippen LogP contribution < -0.4 is 5.32 Å². The van der Waals surface area contributed by atoms with Crippen LogP contribution >= 0.6 is 23.5 Å². The number of hydrogen-bond acceptors (Lipinski definition) is 7. The average molecular weight is 396 g/mol. The number of nitrogens with zero attached hydrogens (tertiary/aromatic N) is 1. The molecule has 0 spiro atoms. The van der Waals surface area contributed by atoms with Crippen LogP contribution in [0.3, 0.4) is 0 Å². The molecule has 7 nitrogen and oxygen atoms in total. The molecule has 1 fully saturated rings. The van der Waals surface area contributed by atoms with Crippen LogP contribution in [0.2, 0.25) is 0 Å². The molecular formula is C17H20N2O5S2. The Balaban J connectivity index is 1.62. The van der Waals surface area contributed by atoms with E-state index in [4.69, 9.17) is 4.74 Å². The Morgan fingerprint density at radius 2 is 2.04 bits per heavy atom. The smallest absolute Gasteiger partial charge is 0.316 e. The second-order valence-corrected chi connectivity index (χ2v) is 7.62. The monoisotopic (exact) mass is 396 g/mol. The Bertz CT molecular complexity index is 707. The molecule has 3 amide bonds. The highest BCUT2D eigenvalue weighted by Gasteiger charge is 2.29. The third-order valence-corrected chi connectivity index (χ3v) is 5.52. The van der Waals surface area contributed by atoms with Crippen LogP contribution in [0.5, 0.6) is 0 Å². The average Bonchev–Trinajstić information content (AvgIpc) is 2.93. The van der Waals surface area contributed by atoms with Crippen LogP contribution in [-0.4, -0.2) is 59.1 Å². The Kier molecular flexibility index (Phi) is 7.52. The first-order valence-electron chi connectivity index (χ1n) is 7.96. The van der Waals surface area contributed by atoms with Gasteiger partial charge in [-0.1, -0.05) is 17.8 Å². The summed E-state index contributed by atoms with van der Waals surface area (Å²) in [6, 6.07) is 5.93. The minimum absolute atomic E-state index is 0.115. The third kappa shape index (κ3) is 6.06. The first-order chi connectivity index (χ1) is 12.4. The Morgan fingerprint density at radius 3 is 2.69 bits per heavy atom. The van der Waals surface area contributed by atoms with E-state index in [1.165, 1.54) is 17.3 Å². The number of carbonyl (C=O) groups is 4. The molecule has 140 valence electrons. The van der Waals surface area contributed by atoms with E-state index in [0.717, 1.165) is 27.1 Å². The standard InChI is InChI=1S/C17H20N2O5S2/c1-11-3-4-13(7-12(11)2)25-10-16(22)24-8-14(20)18-5-6-19-15(21)9-26-17(19)23/h3-4,7H,5-6,8-10H2,1-2H3,(H,18,20). The fraction of sp³-hybridized carbons (Fsp3) is 0.412. The number of ether oxygens (including phenoxy) is 1. The molecule has 0 aromatic heterocycles. The van der Waals surface area contributed by atoms with Crippen molar-refractivity contribution in [3.05, 3.63) is 29.3 Å². The molecular weight excluding hydrogens is 376 g/mol. The quantitative estimate of drug-likeness (QED) is 0.529. The summed E-state index contributed by atoms with van der Waals surface area (Å²) < 4.78 is 4.92. The molecule has 26 heavy (non-hydrogen) atoms. The van der Waals surface area contributed by atoms with E-state index in [9.17, 15) is 19.2 Å². The maximum atomic E-state index is 11.7. The number of aryl methyl sites for hydroxylation is 2. The van der Waals surface area contributed by atoms with Crippen molar-refractivity contribution in [2.24, 2.45) is 0 Å². The molecule has 1 aliphatic rings. The Hall–Kier alpha value is -2.00. The lowest BCUT2D eigenvalue weighted by molar-refractivity contribution is -0.145. The first kappa shape index (κ1) is 20.3. The summed E-state index contributed by atoms with van der Waals surface area (Å²) in [4.78, 5) is 48.2. The van der Waals surface area contributed by atoms with Crippen LogP contribution in [0.4, 0.5) is 4.79 Å². The van der Waals surface area contributed by atoms with E-state index in [-0.39, 0.29) is 42.3 Å². The highest BCUT2D eigenvalue weighted by atomic mass is 32.2. The number of amides is 3. The number of esters is 1. The number of thioether (sulfide) groups is 2. The van der Waals surface area contributed by atoms with Crippen molar-refractivity contribution >= 4 is 46.5 Å². The van der Waals surface area contributed by atoms with Crippen LogP contribution in [0.15, 0.2) is 23.1 Å². The molecule has 0 saturated carbocycles. The van der Waals surface area contributed by atoms with Crippen molar-refractivity contribution < 1.29 is 23.9 Å². The molecule has 1 aliphatic heterocycles. The number of benzene rings is 1. The SMILES string of the molecule is Cc1ccc(SCC(=O)OCC(=O)NCCN2C(=O)CSC2=O)cc1C. The zero-order chi connectivity index (χ0) is 19.1. The second kappa shape index (κ2) is 9.63. The Labute approximate surface area is 160 Å². The van der Waals surface area contributed by atoms with E-state index in [2.05, 4.69) is 5.32 Å². The molecule has 1 aromatic rings. The van der Waals surface area contributed by atoms with E-state index < -0.39 is 11.9 Å². The van der Waals surface area contributed by atoms with E-state index in [1.54, 1.807) is 0 Å². The lowest BCUT2D eigenvalue weighted by Crippen LogP contribution is -2.38. The van der Waals surface area contributed by atoms with Gasteiger partial charge in [-0.3, -0.25) is 24.1 Å². The zero-order valence-corrected chi connectivity index (χ0v) is 16.2. The Morgan fingerprint density at radius 1 is 1.27 bits per heavy atom. The molecule has 0 atom stereocenters. The van der Waals surface area contributed by atoms with Crippen LogP contribution in [0.1, 0.15) is 11.1 Å². The van der Waals surface area contributed by atoms with Gasteiger partial charge in [0, 0.05) is 18.0 Å². The fourth-order valence-corrected chi connectivity index (χ4v) is 3.63. The maximum Gasteiger partial charge on any atom is 0.316 e. The van der Waals surface area contributed by atoms with Crippen molar-refractivity contribution in [1.29, 1.82) is 0 Å². The molecule has 1 heterocycles. The van der Waals surface area contributed by atoms with Crippen LogP contribution in [0, 0.1) is 13.8 Å². The maximum absolute atomic E-state index is 11.7. The highest BCUT2D eigenvalue weighted by molar-refractivity contribution is 8.14. The lowest BCUT2D eigenvalue weighted by Gasteiger charge is -2.13. The van der Waals surface area contributed by atoms with Gasteiger partial charge in [-0.25, -0.2) is 0 Å². The summed E-state index contributed by atoms with van der Waals surface area (Å²) in [6.45, 7) is 3.89. The first-order valence-corrected chi connectivity index (χ1v) is 9.93. The summed E-state index contributed by atoms with van der Waals surface area (Å²) in [5.41, 5.74) is 2.33. The van der Waals surface area contributed by atoms with Gasteiger partial charge >= 0.3 is 5.97 Å². The number of rotatable bonds is 8. The molecule has 1 N–H and O–H groups in total. The predicted molar refractivity (Wildman–Crippen MR) is 100 cm³/mol. The van der Waals surface area contributed by atoms with Crippen molar-refractivity contribution in [2.45, 2.75) is 18.7 Å². The van der Waals surface area contributed by atoms with E-state index in [1.807, 2.05) is 32.0 Å². The lowest BCUT2D eigenvalue weighted by atomic mass is 10.1. The van der Waals surface area contributed by atoms with Crippen molar-refractivity contribution in [2.75, 3.05) is 31.2 Å². The van der Waals surface area contributed by atoms with E-state index in [0.29, 0.717) is 0 Å². The number of nitrogens with one attached hydrogen (secondary N) is 1. The van der Waals surface area contributed by atoms with Gasteiger partial charge in [-0.15, -0.1) is 11.8 Å². The number of imide groups is 1. The molecule has 2 rings (SSSR count). The van der Waals surface area contributed by atoms with Crippen molar-refractivity contribution in [3.63, 3.8) is 0 Å². The molecule has 0 radical (unpaired) electrons. The topological polar surface area (TPSA) is 92.8 Å². The van der Waals surface area contributed by atoms with Crippen molar-refractivity contribution in [3.8, 4) is 0 Å². The molecule has 0 unspecified atom stereocenters. The normalized spacial score (nSPS) is 13.8. The molecule has 1 saturated heterocycles. The van der Waals surface area contributed by atoms with Crippen LogP contribution in [-0.2, 0) is 19.1 Å². The number of carbonyl (C=O) groups excluding carboxylic acids is 4. The molecule has 0 aliphatic carbocycles. The van der Waals surface area contributed by atoms with Gasteiger partial charge in [-0.2, -0.15) is 0 Å². The minimum atomic E-state index is -0.482. The summed E-state index contributed by atoms with van der Waals surface area (Å²) in [5.74, 6) is -0.957. The van der Waals surface area contributed by atoms with Gasteiger partial charge in [0.1, 0.15) is 0 Å². The second-order valence-electron chi connectivity index (χ2n) is 5.65. The minimum Gasteiger partial charge on any atom is -0.455 e. The highest BCUT2D eigenvalue weighted by Crippen LogP contribution is 2.21. The summed E-state index contributed by atoms with van der Waals surface area (Å²) in [6.07, 6.45) is 0. The largest absolute Gasteiger partial charge is 0.455 e.